The molecule has 0 spiro atoms. The summed E-state index contributed by atoms with van der Waals surface area (Å²) in [5, 5.41) is 9.07. The molecule has 0 unspecified atom stereocenters. The van der Waals surface area contributed by atoms with Gasteiger partial charge >= 0.3 is 0 Å². The second kappa shape index (κ2) is 5.51. The van der Waals surface area contributed by atoms with Crippen LogP contribution in [0.15, 0.2) is 42.5 Å². The van der Waals surface area contributed by atoms with Crippen LogP contribution in [0.5, 0.6) is 5.75 Å². The van der Waals surface area contributed by atoms with Crippen LogP contribution in [-0.4, -0.2) is 18.3 Å². The third-order valence-corrected chi connectivity index (χ3v) is 3.43. The molecule has 1 aliphatic heterocycles. The number of anilines is 2. The van der Waals surface area contributed by atoms with E-state index in [-0.39, 0.29) is 12.4 Å². The van der Waals surface area contributed by atoms with Gasteiger partial charge in [-0.15, -0.1) is 0 Å². The van der Waals surface area contributed by atoms with Crippen molar-refractivity contribution in [3.8, 4) is 5.75 Å². The van der Waals surface area contributed by atoms with Crippen molar-refractivity contribution in [1.29, 1.82) is 0 Å². The largest absolute Gasteiger partial charge is 0.491 e. The number of ether oxygens (including phenoxy) is 1. The second-order valence-corrected chi connectivity index (χ2v) is 4.77. The van der Waals surface area contributed by atoms with Crippen LogP contribution in [0.25, 0.3) is 0 Å². The summed E-state index contributed by atoms with van der Waals surface area (Å²) in [6.45, 7) is 1.17. The molecule has 0 amide bonds. The molecular weight excluding hydrogens is 257 g/mol. The average Bonchev–Trinajstić information content (AvgIpc) is 2.69. The molecule has 0 fully saturated rings. The molecule has 0 saturated heterocycles. The molecule has 3 nitrogen and oxygen atoms in total. The van der Waals surface area contributed by atoms with Gasteiger partial charge in [0.2, 0.25) is 0 Å². The Bertz CT molecular complexity index is 615. The van der Waals surface area contributed by atoms with Crippen molar-refractivity contribution in [2.75, 3.05) is 18.1 Å². The van der Waals surface area contributed by atoms with Gasteiger partial charge in [0.15, 0.2) is 0 Å². The van der Waals surface area contributed by atoms with Crippen molar-refractivity contribution in [3.63, 3.8) is 0 Å². The lowest BCUT2D eigenvalue weighted by Crippen LogP contribution is -2.19. The molecule has 0 aromatic heterocycles. The molecule has 104 valence electrons. The number of hydrogen-bond donors (Lipinski definition) is 1. The van der Waals surface area contributed by atoms with Crippen LogP contribution < -0.4 is 9.64 Å². The highest BCUT2D eigenvalue weighted by Crippen LogP contribution is 2.36. The lowest BCUT2D eigenvalue weighted by atomic mass is 10.1. The fourth-order valence-electron chi connectivity index (χ4n) is 2.45. The van der Waals surface area contributed by atoms with E-state index in [0.717, 1.165) is 17.9 Å². The minimum absolute atomic E-state index is 0.156. The standard InChI is InChI=1S/C16H16FNO2/c17-13-10-12(11-19)6-7-14(13)18-8-3-9-20-16-5-2-1-4-15(16)18/h1-2,4-7,10,19H,3,8-9,11H2. The quantitative estimate of drug-likeness (QED) is 0.911. The molecule has 4 heteroatoms. The summed E-state index contributed by atoms with van der Waals surface area (Å²) in [4.78, 5) is 1.93. The van der Waals surface area contributed by atoms with E-state index >= 15 is 0 Å². The van der Waals surface area contributed by atoms with Crippen molar-refractivity contribution in [2.24, 2.45) is 0 Å². The highest BCUT2D eigenvalue weighted by Gasteiger charge is 2.20. The summed E-state index contributed by atoms with van der Waals surface area (Å²) >= 11 is 0. The molecule has 0 saturated carbocycles. The predicted octanol–water partition coefficient (Wildman–Crippen LogP) is 3.24. The van der Waals surface area contributed by atoms with Gasteiger partial charge in [-0.25, -0.2) is 4.39 Å². The number of aliphatic hydroxyl groups excluding tert-OH is 1. The van der Waals surface area contributed by atoms with Crippen molar-refractivity contribution >= 4 is 11.4 Å². The van der Waals surface area contributed by atoms with Gasteiger partial charge in [0.05, 0.1) is 24.6 Å². The predicted molar refractivity (Wildman–Crippen MR) is 75.9 cm³/mol. The van der Waals surface area contributed by atoms with Gasteiger partial charge in [-0.3, -0.25) is 0 Å². The maximum absolute atomic E-state index is 14.3. The Morgan fingerprint density at radius 1 is 1.15 bits per heavy atom. The monoisotopic (exact) mass is 273 g/mol. The van der Waals surface area contributed by atoms with E-state index in [1.54, 1.807) is 12.1 Å². The van der Waals surface area contributed by atoms with Crippen LogP contribution >= 0.6 is 0 Å². The first-order valence-electron chi connectivity index (χ1n) is 6.68. The lowest BCUT2D eigenvalue weighted by Gasteiger charge is -2.24. The van der Waals surface area contributed by atoms with Gasteiger partial charge in [-0.1, -0.05) is 18.2 Å². The molecule has 1 heterocycles. The van der Waals surface area contributed by atoms with Gasteiger partial charge in [-0.05, 0) is 36.2 Å². The molecule has 20 heavy (non-hydrogen) atoms. The molecule has 1 N–H and O–H groups in total. The van der Waals surface area contributed by atoms with Gasteiger partial charge in [-0.2, -0.15) is 0 Å². The molecule has 0 aliphatic carbocycles. The van der Waals surface area contributed by atoms with E-state index in [2.05, 4.69) is 0 Å². The molecule has 0 bridgehead atoms. The molecule has 1 aliphatic rings. The number of fused-ring (bicyclic) bond motifs is 1. The number of aliphatic hydroxyl groups is 1. The van der Waals surface area contributed by atoms with Crippen molar-refractivity contribution < 1.29 is 14.2 Å². The van der Waals surface area contributed by atoms with Gasteiger partial charge in [0.1, 0.15) is 11.6 Å². The average molecular weight is 273 g/mol. The topological polar surface area (TPSA) is 32.7 Å². The third kappa shape index (κ3) is 2.34. The molecule has 3 rings (SSSR count). The van der Waals surface area contributed by atoms with E-state index in [1.807, 2.05) is 29.2 Å². The zero-order valence-electron chi connectivity index (χ0n) is 11.1. The fraction of sp³-hybridized carbons (Fsp3) is 0.250. The van der Waals surface area contributed by atoms with Crippen molar-refractivity contribution in [1.82, 2.24) is 0 Å². The molecule has 0 radical (unpaired) electrons. The molecule has 2 aromatic rings. The maximum Gasteiger partial charge on any atom is 0.147 e. The summed E-state index contributed by atoms with van der Waals surface area (Å²) in [6.07, 6.45) is 0.829. The normalized spacial score (nSPS) is 14.4. The first kappa shape index (κ1) is 12.9. The molecule has 0 atom stereocenters. The van der Waals surface area contributed by atoms with Crippen molar-refractivity contribution in [2.45, 2.75) is 13.0 Å². The number of rotatable bonds is 2. The van der Waals surface area contributed by atoms with Crippen LogP contribution in [0, 0.1) is 5.82 Å². The van der Waals surface area contributed by atoms with Gasteiger partial charge in [0.25, 0.3) is 0 Å². The third-order valence-electron chi connectivity index (χ3n) is 3.43. The SMILES string of the molecule is OCc1ccc(N2CCCOc3ccccc32)c(F)c1. The van der Waals surface area contributed by atoms with Crippen LogP contribution in [-0.2, 0) is 6.61 Å². The Hall–Kier alpha value is -2.07. The highest BCUT2D eigenvalue weighted by atomic mass is 19.1. The smallest absolute Gasteiger partial charge is 0.147 e. The van der Waals surface area contributed by atoms with Gasteiger partial charge < -0.3 is 14.7 Å². The number of nitrogens with zero attached hydrogens (tertiary/aromatic N) is 1. The highest BCUT2D eigenvalue weighted by molar-refractivity contribution is 5.70. The Kier molecular flexibility index (Phi) is 3.56. The number of benzene rings is 2. The first-order valence-corrected chi connectivity index (χ1v) is 6.68. The second-order valence-electron chi connectivity index (χ2n) is 4.77. The van der Waals surface area contributed by atoms with E-state index in [9.17, 15) is 4.39 Å². The molecule has 2 aromatic carbocycles. The minimum atomic E-state index is -0.326. The number of para-hydroxylation sites is 2. The summed E-state index contributed by atoms with van der Waals surface area (Å²) in [5.74, 6) is 0.448. The summed E-state index contributed by atoms with van der Waals surface area (Å²) in [6, 6.07) is 12.5. The maximum atomic E-state index is 14.3. The molecular formula is C16H16FNO2. The minimum Gasteiger partial charge on any atom is -0.491 e. The van der Waals surface area contributed by atoms with Gasteiger partial charge in [0, 0.05) is 6.54 Å². The lowest BCUT2D eigenvalue weighted by molar-refractivity contribution is 0.281. The zero-order chi connectivity index (χ0) is 13.9. The zero-order valence-corrected chi connectivity index (χ0v) is 11.1. The Morgan fingerprint density at radius 2 is 2.00 bits per heavy atom. The summed E-state index contributed by atoms with van der Waals surface area (Å²) < 4.78 is 19.9. The summed E-state index contributed by atoms with van der Waals surface area (Å²) in [7, 11) is 0. The van der Waals surface area contributed by atoms with Crippen LogP contribution in [0.1, 0.15) is 12.0 Å². The first-order chi connectivity index (χ1) is 9.79. The van der Waals surface area contributed by atoms with Crippen LogP contribution in [0.4, 0.5) is 15.8 Å². The van der Waals surface area contributed by atoms with Crippen molar-refractivity contribution in [3.05, 3.63) is 53.8 Å². The van der Waals surface area contributed by atoms with E-state index < -0.39 is 0 Å². The number of hydrogen-bond acceptors (Lipinski definition) is 3. The number of halogens is 1. The Labute approximate surface area is 117 Å². The Balaban J connectivity index is 2.05. The summed E-state index contributed by atoms with van der Waals surface area (Å²) in [5.41, 5.74) is 1.96. The fourth-order valence-corrected chi connectivity index (χ4v) is 2.45. The Morgan fingerprint density at radius 3 is 2.80 bits per heavy atom. The van der Waals surface area contributed by atoms with Crippen LogP contribution in [0.2, 0.25) is 0 Å². The van der Waals surface area contributed by atoms with Crippen LogP contribution in [0.3, 0.4) is 0 Å². The van der Waals surface area contributed by atoms with E-state index in [1.165, 1.54) is 6.07 Å². The van der Waals surface area contributed by atoms with E-state index in [4.69, 9.17) is 9.84 Å². The van der Waals surface area contributed by atoms with E-state index in [0.29, 0.717) is 24.4 Å².